The fourth-order valence-corrected chi connectivity index (χ4v) is 6.40. The lowest BCUT2D eigenvalue weighted by molar-refractivity contribution is 0.617. The van der Waals surface area contributed by atoms with E-state index in [9.17, 15) is 0 Å². The molecule has 9 rings (SSSR count). The zero-order valence-electron chi connectivity index (χ0n) is 25.4. The van der Waals surface area contributed by atoms with Crippen molar-refractivity contribution in [3.05, 3.63) is 170 Å². The monoisotopic (exact) mass is 604 g/mol. The molecule has 0 fully saturated rings. The van der Waals surface area contributed by atoms with Gasteiger partial charge in [0.2, 0.25) is 5.89 Å². The van der Waals surface area contributed by atoms with Crippen LogP contribution in [0.3, 0.4) is 0 Å². The second-order valence-corrected chi connectivity index (χ2v) is 11.6. The van der Waals surface area contributed by atoms with Crippen LogP contribution in [-0.2, 0) is 0 Å². The summed E-state index contributed by atoms with van der Waals surface area (Å²) >= 11 is 0. The number of hydrogen-bond acceptors (Lipinski definition) is 4. The van der Waals surface area contributed by atoms with Gasteiger partial charge in [0, 0.05) is 33.8 Å². The highest BCUT2D eigenvalue weighted by Gasteiger charge is 2.20. The van der Waals surface area contributed by atoms with Crippen LogP contribution in [0, 0.1) is 0 Å². The largest absolute Gasteiger partial charge is 0.454 e. The maximum Gasteiger partial charge on any atom is 0.227 e. The third kappa shape index (κ3) is 4.84. The molecule has 47 heavy (non-hydrogen) atoms. The van der Waals surface area contributed by atoms with E-state index in [2.05, 4.69) is 126 Å². The van der Waals surface area contributed by atoms with E-state index in [4.69, 9.17) is 13.8 Å². The van der Waals surface area contributed by atoms with Gasteiger partial charge < -0.3 is 13.7 Å². The van der Waals surface area contributed by atoms with Crippen LogP contribution in [0.2, 0.25) is 0 Å². The molecular weight excluding hydrogens is 576 g/mol. The van der Waals surface area contributed by atoms with Crippen LogP contribution in [0.15, 0.2) is 179 Å². The van der Waals surface area contributed by atoms with Crippen molar-refractivity contribution in [2.45, 2.75) is 0 Å². The van der Waals surface area contributed by atoms with Gasteiger partial charge in [0.1, 0.15) is 11.1 Å². The van der Waals surface area contributed by atoms with Crippen LogP contribution < -0.4 is 4.90 Å². The average Bonchev–Trinajstić information content (AvgIpc) is 3.73. The van der Waals surface area contributed by atoms with E-state index in [-0.39, 0.29) is 0 Å². The van der Waals surface area contributed by atoms with Crippen LogP contribution in [0.5, 0.6) is 0 Å². The summed E-state index contributed by atoms with van der Waals surface area (Å²) in [5.74, 6) is 0.601. The standard InChI is InChI=1S/C43H28N2O2/c1-4-12-29(13-5-1)32-16-10-17-33(26-32)30-22-24-35(25-23-30)45(34-18-8-3-9-19-34)39-21-11-20-36-37-27-38-41(28-40(37)46-42(36)39)47-43(44-38)31-14-6-2-7-15-31/h1-28H. The molecule has 0 aliphatic carbocycles. The van der Waals surface area contributed by atoms with Crippen molar-refractivity contribution in [2.24, 2.45) is 0 Å². The van der Waals surface area contributed by atoms with Crippen LogP contribution in [0.25, 0.3) is 66.7 Å². The Balaban J connectivity index is 1.14. The van der Waals surface area contributed by atoms with E-state index in [0.29, 0.717) is 11.5 Å². The first-order chi connectivity index (χ1) is 23.3. The van der Waals surface area contributed by atoms with Gasteiger partial charge in [-0.2, -0.15) is 0 Å². The van der Waals surface area contributed by atoms with Crippen molar-refractivity contribution in [2.75, 3.05) is 4.90 Å². The highest BCUT2D eigenvalue weighted by molar-refractivity contribution is 6.13. The summed E-state index contributed by atoms with van der Waals surface area (Å²) in [6, 6.07) is 58.7. The average molecular weight is 605 g/mol. The Labute approximate surface area is 271 Å². The molecule has 0 unspecified atom stereocenters. The number of anilines is 3. The van der Waals surface area contributed by atoms with Gasteiger partial charge in [-0.1, -0.05) is 109 Å². The third-order valence-electron chi connectivity index (χ3n) is 8.69. The number of aromatic nitrogens is 1. The van der Waals surface area contributed by atoms with Gasteiger partial charge in [-0.15, -0.1) is 0 Å². The predicted octanol–water partition coefficient (Wildman–Crippen LogP) is 12.2. The smallest absolute Gasteiger partial charge is 0.227 e. The highest BCUT2D eigenvalue weighted by atomic mass is 16.4. The van der Waals surface area contributed by atoms with Gasteiger partial charge in [0.15, 0.2) is 11.2 Å². The van der Waals surface area contributed by atoms with Crippen molar-refractivity contribution in [3.8, 4) is 33.7 Å². The molecule has 0 amide bonds. The maximum atomic E-state index is 6.65. The molecule has 0 radical (unpaired) electrons. The number of benzene rings is 7. The van der Waals surface area contributed by atoms with E-state index >= 15 is 0 Å². The number of para-hydroxylation sites is 2. The number of oxazole rings is 1. The fourth-order valence-electron chi connectivity index (χ4n) is 6.40. The molecule has 222 valence electrons. The van der Waals surface area contributed by atoms with Crippen LogP contribution in [0.4, 0.5) is 17.1 Å². The minimum atomic E-state index is 0.601. The van der Waals surface area contributed by atoms with Crippen LogP contribution >= 0.6 is 0 Å². The Bertz CT molecular complexity index is 2500. The molecule has 0 bridgehead atoms. The molecular formula is C43H28N2O2. The Kier molecular flexibility index (Phi) is 6.43. The highest BCUT2D eigenvalue weighted by Crippen LogP contribution is 2.43. The van der Waals surface area contributed by atoms with Gasteiger partial charge in [-0.05, 0) is 76.9 Å². The first-order valence-electron chi connectivity index (χ1n) is 15.7. The quantitative estimate of drug-likeness (QED) is 0.189. The molecule has 9 aromatic rings. The number of hydrogen-bond donors (Lipinski definition) is 0. The minimum absolute atomic E-state index is 0.601. The second kappa shape index (κ2) is 11.2. The lowest BCUT2D eigenvalue weighted by Crippen LogP contribution is -2.10. The summed E-state index contributed by atoms with van der Waals surface area (Å²) in [6.45, 7) is 0. The molecule has 0 spiro atoms. The van der Waals surface area contributed by atoms with E-state index in [1.165, 1.54) is 16.7 Å². The van der Waals surface area contributed by atoms with E-state index in [1.54, 1.807) is 0 Å². The van der Waals surface area contributed by atoms with Crippen molar-refractivity contribution in [3.63, 3.8) is 0 Å². The number of fused-ring (bicyclic) bond motifs is 4. The second-order valence-electron chi connectivity index (χ2n) is 11.6. The molecule has 0 saturated heterocycles. The van der Waals surface area contributed by atoms with Gasteiger partial charge in [-0.3, -0.25) is 0 Å². The number of rotatable bonds is 6. The Morgan fingerprint density at radius 1 is 0.404 bits per heavy atom. The molecule has 0 N–H and O–H groups in total. The SMILES string of the molecule is c1ccc(-c2cccc(-c3ccc(N(c4ccccc4)c4cccc5c4oc4cc6oc(-c7ccccc7)nc6cc45)cc3)c2)cc1. The van der Waals surface area contributed by atoms with Gasteiger partial charge >= 0.3 is 0 Å². The van der Waals surface area contributed by atoms with Crippen molar-refractivity contribution >= 4 is 50.1 Å². The number of nitrogens with zero attached hydrogens (tertiary/aromatic N) is 2. The van der Waals surface area contributed by atoms with Crippen molar-refractivity contribution in [1.29, 1.82) is 0 Å². The lowest BCUT2D eigenvalue weighted by atomic mass is 9.99. The molecule has 0 aliphatic rings. The summed E-state index contributed by atoms with van der Waals surface area (Å²) in [7, 11) is 0. The molecule has 0 saturated carbocycles. The summed E-state index contributed by atoms with van der Waals surface area (Å²) in [6.07, 6.45) is 0. The molecule has 2 aromatic heterocycles. The Hall–Kier alpha value is -6.39. The molecule has 0 aliphatic heterocycles. The van der Waals surface area contributed by atoms with Gasteiger partial charge in [0.25, 0.3) is 0 Å². The fraction of sp³-hybridized carbons (Fsp3) is 0. The first kappa shape index (κ1) is 27.0. The Morgan fingerprint density at radius 2 is 1.00 bits per heavy atom. The minimum Gasteiger partial charge on any atom is -0.454 e. The zero-order chi connectivity index (χ0) is 31.2. The van der Waals surface area contributed by atoms with Crippen molar-refractivity contribution < 1.29 is 8.83 Å². The number of furan rings is 1. The third-order valence-corrected chi connectivity index (χ3v) is 8.69. The van der Waals surface area contributed by atoms with Gasteiger partial charge in [-0.25, -0.2) is 4.98 Å². The normalized spacial score (nSPS) is 11.4. The van der Waals surface area contributed by atoms with Gasteiger partial charge in [0.05, 0.1) is 5.69 Å². The predicted molar refractivity (Wildman–Crippen MR) is 192 cm³/mol. The van der Waals surface area contributed by atoms with Crippen molar-refractivity contribution in [1.82, 2.24) is 4.98 Å². The molecule has 0 atom stereocenters. The topological polar surface area (TPSA) is 42.4 Å². The molecule has 7 aromatic carbocycles. The van der Waals surface area contributed by atoms with E-state index in [0.717, 1.165) is 55.6 Å². The maximum absolute atomic E-state index is 6.65. The van der Waals surface area contributed by atoms with Crippen LogP contribution in [0.1, 0.15) is 0 Å². The van der Waals surface area contributed by atoms with E-state index < -0.39 is 0 Å². The molecule has 2 heterocycles. The summed E-state index contributed by atoms with van der Waals surface area (Å²) in [5.41, 5.74) is 11.8. The molecule has 4 nitrogen and oxygen atoms in total. The molecule has 4 heteroatoms. The zero-order valence-corrected chi connectivity index (χ0v) is 25.4. The summed E-state index contributed by atoms with van der Waals surface area (Å²) in [4.78, 5) is 7.06. The summed E-state index contributed by atoms with van der Waals surface area (Å²) in [5, 5.41) is 2.03. The lowest BCUT2D eigenvalue weighted by Gasteiger charge is -2.25. The Morgan fingerprint density at radius 3 is 1.72 bits per heavy atom. The van der Waals surface area contributed by atoms with Crippen LogP contribution in [-0.4, -0.2) is 4.98 Å². The first-order valence-corrected chi connectivity index (χ1v) is 15.7. The van der Waals surface area contributed by atoms with E-state index in [1.807, 2.05) is 48.5 Å². The summed E-state index contributed by atoms with van der Waals surface area (Å²) < 4.78 is 12.8.